The van der Waals surface area contributed by atoms with Crippen LogP contribution in [0.4, 0.5) is 0 Å². The van der Waals surface area contributed by atoms with Crippen LogP contribution in [0.5, 0.6) is 0 Å². The maximum Gasteiger partial charge on any atom is 0.174 e. The van der Waals surface area contributed by atoms with E-state index < -0.39 is 22.5 Å². The van der Waals surface area contributed by atoms with Crippen molar-refractivity contribution < 1.29 is 13.8 Å². The van der Waals surface area contributed by atoms with E-state index in [1.54, 1.807) is 18.4 Å². The molecule has 0 radical (unpaired) electrons. The molecule has 1 aromatic carbocycles. The van der Waals surface area contributed by atoms with Gasteiger partial charge in [0.2, 0.25) is 0 Å². The molecule has 1 spiro atoms. The summed E-state index contributed by atoms with van der Waals surface area (Å²) in [5.74, 6) is 0. The third-order valence-electron chi connectivity index (χ3n) is 4.05. The molecular weight excluding hydrogens is 308 g/mol. The van der Waals surface area contributed by atoms with Crippen molar-refractivity contribution in [2.45, 2.75) is 28.4 Å². The van der Waals surface area contributed by atoms with Crippen molar-refractivity contribution in [1.29, 1.82) is 0 Å². The molecule has 0 aromatic heterocycles. The minimum absolute atomic E-state index is 0.191. The molecule has 2 aliphatic rings. The van der Waals surface area contributed by atoms with Crippen molar-refractivity contribution >= 4 is 22.5 Å². The molecule has 2 unspecified atom stereocenters. The third kappa shape index (κ3) is 3.39. The average Bonchev–Trinajstić information content (AvgIpc) is 2.96. The van der Waals surface area contributed by atoms with E-state index in [-0.39, 0.29) is 5.72 Å². The van der Waals surface area contributed by atoms with Gasteiger partial charge in [-0.3, -0.25) is 5.32 Å². The molecular formula is C14H20N2O3S2. The fourth-order valence-electron chi connectivity index (χ4n) is 2.81. The van der Waals surface area contributed by atoms with Crippen LogP contribution < -0.4 is 5.32 Å². The molecule has 7 heteroatoms. The molecule has 2 heterocycles. The Morgan fingerprint density at radius 3 is 2.29 bits per heavy atom. The predicted octanol–water partition coefficient (Wildman–Crippen LogP) is 0.858. The summed E-state index contributed by atoms with van der Waals surface area (Å²) in [4.78, 5) is 1.53. The Balaban J connectivity index is 1.62. The van der Waals surface area contributed by atoms with Crippen LogP contribution in [0.25, 0.3) is 0 Å². The van der Waals surface area contributed by atoms with Crippen molar-refractivity contribution in [2.24, 2.45) is 0 Å². The number of nitrogens with zero attached hydrogens (tertiary/aromatic N) is 1. The highest BCUT2D eigenvalue weighted by Gasteiger charge is 2.41. The summed E-state index contributed by atoms with van der Waals surface area (Å²) in [7, 11) is 0. The lowest BCUT2D eigenvalue weighted by atomic mass is 10.0. The Hall–Kier alpha value is -0.280. The molecule has 0 saturated carbocycles. The third-order valence-corrected chi connectivity index (χ3v) is 6.50. The first-order chi connectivity index (χ1) is 10.1. The summed E-state index contributed by atoms with van der Waals surface area (Å²) < 4.78 is 31.7. The Kier molecular flexibility index (Phi) is 4.80. The average molecular weight is 328 g/mol. The summed E-state index contributed by atoms with van der Waals surface area (Å²) in [6.45, 7) is 3.17. The van der Waals surface area contributed by atoms with Crippen LogP contribution in [0.1, 0.15) is 12.8 Å². The van der Waals surface area contributed by atoms with Crippen LogP contribution in [0, 0.1) is 0 Å². The Morgan fingerprint density at radius 2 is 1.76 bits per heavy atom. The normalized spacial score (nSPS) is 25.1. The number of rotatable bonds is 3. The highest BCUT2D eigenvalue weighted by atomic mass is 32.2. The number of nitrogens with one attached hydrogen (secondary N) is 1. The molecule has 2 aliphatic heterocycles. The number of benzene rings is 1. The number of hydrogen-bond donors (Lipinski definition) is 1. The van der Waals surface area contributed by atoms with Gasteiger partial charge in [-0.25, -0.2) is 0 Å². The van der Waals surface area contributed by atoms with E-state index in [0.717, 1.165) is 48.9 Å². The lowest BCUT2D eigenvalue weighted by Gasteiger charge is -2.37. The topological polar surface area (TPSA) is 70.6 Å². The van der Waals surface area contributed by atoms with Gasteiger partial charge < -0.3 is 13.8 Å². The van der Waals surface area contributed by atoms with E-state index >= 15 is 0 Å². The minimum atomic E-state index is -1.16. The second kappa shape index (κ2) is 6.45. The summed E-state index contributed by atoms with van der Waals surface area (Å²) in [5, 5.41) is 3.41. The number of piperidine rings is 1. The molecule has 2 saturated heterocycles. The van der Waals surface area contributed by atoms with E-state index in [2.05, 4.69) is 5.32 Å². The second-order valence-electron chi connectivity index (χ2n) is 5.37. The smallest absolute Gasteiger partial charge is 0.174 e. The van der Waals surface area contributed by atoms with Gasteiger partial charge >= 0.3 is 0 Å². The van der Waals surface area contributed by atoms with Crippen LogP contribution in [-0.4, -0.2) is 51.6 Å². The van der Waals surface area contributed by atoms with Crippen LogP contribution in [0.2, 0.25) is 0 Å². The van der Waals surface area contributed by atoms with Gasteiger partial charge in [-0.05, 0) is 23.3 Å². The van der Waals surface area contributed by atoms with E-state index in [0.29, 0.717) is 0 Å². The van der Waals surface area contributed by atoms with Gasteiger partial charge in [0, 0.05) is 44.6 Å². The summed E-state index contributed by atoms with van der Waals surface area (Å²) >= 11 is -2.16. The second-order valence-corrected chi connectivity index (χ2v) is 8.24. The molecule has 2 fully saturated rings. The maximum atomic E-state index is 12.6. The van der Waals surface area contributed by atoms with Crippen molar-refractivity contribution in [3.63, 3.8) is 0 Å². The summed E-state index contributed by atoms with van der Waals surface area (Å²) in [6.07, 6.45) is 3.36. The van der Waals surface area contributed by atoms with Crippen molar-refractivity contribution in [1.82, 2.24) is 9.62 Å². The SMILES string of the molecule is C[S+]([O-])c1ccc([S+]([O-])N2CCC3(CC2)NCCO3)cc1. The molecule has 0 amide bonds. The molecule has 21 heavy (non-hydrogen) atoms. The van der Waals surface area contributed by atoms with Gasteiger partial charge in [0.25, 0.3) is 0 Å². The summed E-state index contributed by atoms with van der Waals surface area (Å²) in [5.41, 5.74) is -0.191. The molecule has 5 nitrogen and oxygen atoms in total. The highest BCUT2D eigenvalue weighted by Crippen LogP contribution is 2.29. The Labute approximate surface area is 131 Å². The highest BCUT2D eigenvalue weighted by molar-refractivity contribution is 7.90. The fourth-order valence-corrected chi connectivity index (χ4v) is 4.51. The van der Waals surface area contributed by atoms with Crippen LogP contribution >= 0.6 is 0 Å². The number of hydrogen-bond acceptors (Lipinski definition) is 5. The first kappa shape index (κ1) is 15.6. The van der Waals surface area contributed by atoms with Crippen molar-refractivity contribution in [3.8, 4) is 0 Å². The van der Waals surface area contributed by atoms with E-state index in [9.17, 15) is 9.11 Å². The number of ether oxygens (including phenoxy) is 1. The predicted molar refractivity (Wildman–Crippen MR) is 82.7 cm³/mol. The maximum absolute atomic E-state index is 12.6. The zero-order chi connectivity index (χ0) is 14.9. The van der Waals surface area contributed by atoms with Crippen molar-refractivity contribution in [3.05, 3.63) is 24.3 Å². The van der Waals surface area contributed by atoms with E-state index in [1.165, 1.54) is 0 Å². The van der Waals surface area contributed by atoms with E-state index in [4.69, 9.17) is 4.74 Å². The van der Waals surface area contributed by atoms with Crippen LogP contribution in [0.3, 0.4) is 0 Å². The molecule has 1 aromatic rings. The summed E-state index contributed by atoms with van der Waals surface area (Å²) in [6, 6.07) is 7.19. The van der Waals surface area contributed by atoms with Gasteiger partial charge in [0.05, 0.1) is 18.0 Å². The zero-order valence-corrected chi connectivity index (χ0v) is 13.7. The fraction of sp³-hybridized carbons (Fsp3) is 0.571. The molecule has 3 rings (SSSR count). The first-order valence-electron chi connectivity index (χ1n) is 7.09. The zero-order valence-electron chi connectivity index (χ0n) is 12.0. The van der Waals surface area contributed by atoms with Crippen LogP contribution in [0.15, 0.2) is 34.1 Å². The lowest BCUT2D eigenvalue weighted by molar-refractivity contribution is -0.0446. The first-order valence-corrected chi connectivity index (χ1v) is 9.75. The van der Waals surface area contributed by atoms with Gasteiger partial charge in [0.15, 0.2) is 9.79 Å². The van der Waals surface area contributed by atoms with Gasteiger partial charge in [-0.2, -0.15) is 0 Å². The molecule has 0 aliphatic carbocycles. The van der Waals surface area contributed by atoms with Crippen molar-refractivity contribution in [2.75, 3.05) is 32.5 Å². The van der Waals surface area contributed by atoms with E-state index in [1.807, 2.05) is 16.4 Å². The van der Waals surface area contributed by atoms with Crippen LogP contribution in [-0.2, 0) is 27.3 Å². The Morgan fingerprint density at radius 1 is 1.14 bits per heavy atom. The molecule has 0 bridgehead atoms. The Bertz CT molecular complexity index is 468. The minimum Gasteiger partial charge on any atom is -0.612 e. The van der Waals surface area contributed by atoms with Gasteiger partial charge in [-0.15, -0.1) is 4.31 Å². The quantitative estimate of drug-likeness (QED) is 0.833. The lowest BCUT2D eigenvalue weighted by Crippen LogP contribution is -2.52. The standard InChI is InChI=1S/C14H20N2O3S2/c1-20(17)12-2-4-13(5-3-12)21(18)16-9-6-14(7-10-16)15-8-11-19-14/h2-5,15H,6-11H2,1H3. The van der Waals surface area contributed by atoms with Gasteiger partial charge in [-0.1, -0.05) is 0 Å². The largest absolute Gasteiger partial charge is 0.612 e. The van der Waals surface area contributed by atoms with Gasteiger partial charge in [0.1, 0.15) is 12.0 Å². The molecule has 116 valence electrons. The monoisotopic (exact) mass is 328 g/mol. The molecule has 1 N–H and O–H groups in total. The molecule has 2 atom stereocenters.